The molecule has 19 heavy (non-hydrogen) atoms. The van der Waals surface area contributed by atoms with Crippen LogP contribution in [0.15, 0.2) is 18.2 Å². The summed E-state index contributed by atoms with van der Waals surface area (Å²) >= 11 is 0. The van der Waals surface area contributed by atoms with Gasteiger partial charge in [-0.1, -0.05) is 0 Å². The van der Waals surface area contributed by atoms with Gasteiger partial charge in [-0.25, -0.2) is 8.78 Å². The average Bonchev–Trinajstić information content (AvgIpc) is 2.41. The van der Waals surface area contributed by atoms with Gasteiger partial charge in [-0.15, -0.1) is 0 Å². The van der Waals surface area contributed by atoms with E-state index in [1.54, 1.807) is 0 Å². The summed E-state index contributed by atoms with van der Waals surface area (Å²) in [5.41, 5.74) is 0. The number of benzene rings is 1. The van der Waals surface area contributed by atoms with Crippen LogP contribution in [0, 0.1) is 11.6 Å². The highest BCUT2D eigenvalue weighted by atomic mass is 19.1. The zero-order valence-corrected chi connectivity index (χ0v) is 10.8. The topological polar surface area (TPSA) is 32.7 Å². The van der Waals surface area contributed by atoms with Crippen LogP contribution < -0.4 is 4.74 Å². The molecule has 1 fully saturated rings. The van der Waals surface area contributed by atoms with Crippen molar-refractivity contribution in [2.75, 3.05) is 26.2 Å². The minimum absolute atomic E-state index is 0.0228. The van der Waals surface area contributed by atoms with Gasteiger partial charge in [0, 0.05) is 32.3 Å². The zero-order chi connectivity index (χ0) is 13.7. The maximum absolute atomic E-state index is 13.4. The van der Waals surface area contributed by atoms with Gasteiger partial charge in [0.05, 0.1) is 0 Å². The zero-order valence-electron chi connectivity index (χ0n) is 10.8. The Morgan fingerprint density at radius 1 is 1.26 bits per heavy atom. The van der Waals surface area contributed by atoms with Crippen LogP contribution >= 0.6 is 0 Å². The molecule has 0 amide bonds. The van der Waals surface area contributed by atoms with Crippen molar-refractivity contribution < 1.29 is 18.6 Å². The van der Waals surface area contributed by atoms with Gasteiger partial charge in [-0.3, -0.25) is 0 Å². The quantitative estimate of drug-likeness (QED) is 0.891. The molecular weight excluding hydrogens is 252 g/mol. The molecule has 1 aromatic rings. The van der Waals surface area contributed by atoms with Crippen molar-refractivity contribution in [3.05, 3.63) is 29.8 Å². The van der Waals surface area contributed by atoms with Gasteiger partial charge in [-0.05, 0) is 31.4 Å². The molecule has 0 unspecified atom stereocenters. The SMILES string of the molecule is OCCCN1CCC(Oc2ccc(F)cc2F)CC1. The minimum atomic E-state index is -0.650. The Hall–Kier alpha value is -1.20. The number of ether oxygens (including phenoxy) is 1. The molecule has 0 radical (unpaired) electrons. The van der Waals surface area contributed by atoms with Gasteiger partial charge < -0.3 is 14.7 Å². The molecule has 3 nitrogen and oxygen atoms in total. The molecule has 1 heterocycles. The van der Waals surface area contributed by atoms with E-state index in [-0.39, 0.29) is 18.5 Å². The molecule has 0 atom stereocenters. The first kappa shape index (κ1) is 14.2. The van der Waals surface area contributed by atoms with Crippen LogP contribution in [0.25, 0.3) is 0 Å². The first-order valence-corrected chi connectivity index (χ1v) is 6.64. The highest BCUT2D eigenvalue weighted by molar-refractivity contribution is 5.24. The second-order valence-corrected chi connectivity index (χ2v) is 4.81. The van der Waals surface area contributed by atoms with Gasteiger partial charge in [-0.2, -0.15) is 0 Å². The molecule has 2 rings (SSSR count). The lowest BCUT2D eigenvalue weighted by Crippen LogP contribution is -2.39. The fourth-order valence-electron chi connectivity index (χ4n) is 2.30. The summed E-state index contributed by atoms with van der Waals surface area (Å²) in [6.45, 7) is 2.85. The van der Waals surface area contributed by atoms with Crippen molar-refractivity contribution >= 4 is 0 Å². The molecular formula is C14H19F2NO2. The van der Waals surface area contributed by atoms with Crippen LogP contribution in [0.5, 0.6) is 5.75 Å². The van der Waals surface area contributed by atoms with E-state index in [1.807, 2.05) is 0 Å². The normalized spacial score (nSPS) is 17.6. The van der Waals surface area contributed by atoms with Gasteiger partial charge in [0.25, 0.3) is 0 Å². The fourth-order valence-corrected chi connectivity index (χ4v) is 2.30. The monoisotopic (exact) mass is 271 g/mol. The standard InChI is InChI=1S/C14H19F2NO2/c15-11-2-3-14(13(16)10-11)19-12-4-7-17(8-5-12)6-1-9-18/h2-3,10,12,18H,1,4-9H2. The van der Waals surface area contributed by atoms with Crippen LogP contribution in [0.4, 0.5) is 8.78 Å². The number of aliphatic hydroxyl groups is 1. The molecule has 1 aliphatic rings. The number of nitrogens with zero attached hydrogens (tertiary/aromatic N) is 1. The molecule has 5 heteroatoms. The second-order valence-electron chi connectivity index (χ2n) is 4.81. The predicted octanol–water partition coefficient (Wildman–Crippen LogP) is 2.19. The van der Waals surface area contributed by atoms with E-state index in [2.05, 4.69) is 4.90 Å². The molecule has 0 saturated carbocycles. The number of rotatable bonds is 5. The minimum Gasteiger partial charge on any atom is -0.487 e. The first-order valence-electron chi connectivity index (χ1n) is 6.64. The Labute approximate surface area is 111 Å². The van der Waals surface area contributed by atoms with Gasteiger partial charge >= 0.3 is 0 Å². The summed E-state index contributed by atoms with van der Waals surface area (Å²) in [5, 5.41) is 8.77. The summed E-state index contributed by atoms with van der Waals surface area (Å²) < 4.78 is 31.8. The van der Waals surface area contributed by atoms with E-state index in [4.69, 9.17) is 9.84 Å². The predicted molar refractivity (Wildman–Crippen MR) is 68.2 cm³/mol. The number of piperidine rings is 1. The molecule has 0 aromatic heterocycles. The van der Waals surface area contributed by atoms with Crippen molar-refractivity contribution in [3.63, 3.8) is 0 Å². The van der Waals surface area contributed by atoms with Crippen LogP contribution in [0.2, 0.25) is 0 Å². The third-order valence-electron chi connectivity index (χ3n) is 3.35. The van der Waals surface area contributed by atoms with Crippen LogP contribution in [-0.4, -0.2) is 42.4 Å². The maximum atomic E-state index is 13.4. The molecule has 1 saturated heterocycles. The Kier molecular flexibility index (Phi) is 5.10. The summed E-state index contributed by atoms with van der Waals surface area (Å²) in [6, 6.07) is 3.38. The molecule has 0 bridgehead atoms. The third-order valence-corrected chi connectivity index (χ3v) is 3.35. The maximum Gasteiger partial charge on any atom is 0.167 e. The largest absolute Gasteiger partial charge is 0.487 e. The molecule has 1 N–H and O–H groups in total. The van der Waals surface area contributed by atoms with Gasteiger partial charge in [0.1, 0.15) is 11.9 Å². The van der Waals surface area contributed by atoms with E-state index < -0.39 is 11.6 Å². The van der Waals surface area contributed by atoms with E-state index in [9.17, 15) is 8.78 Å². The Morgan fingerprint density at radius 3 is 2.63 bits per heavy atom. The number of hydrogen-bond acceptors (Lipinski definition) is 3. The lowest BCUT2D eigenvalue weighted by atomic mass is 10.1. The fraction of sp³-hybridized carbons (Fsp3) is 0.571. The van der Waals surface area contributed by atoms with E-state index in [0.29, 0.717) is 0 Å². The average molecular weight is 271 g/mol. The molecule has 0 aliphatic carbocycles. The van der Waals surface area contributed by atoms with Gasteiger partial charge in [0.2, 0.25) is 0 Å². The third kappa shape index (κ3) is 4.14. The smallest absolute Gasteiger partial charge is 0.167 e. The van der Waals surface area contributed by atoms with Crippen molar-refractivity contribution in [1.82, 2.24) is 4.90 Å². The lowest BCUT2D eigenvalue weighted by Gasteiger charge is -2.32. The molecule has 1 aliphatic heterocycles. The van der Waals surface area contributed by atoms with Gasteiger partial charge in [0.15, 0.2) is 11.6 Å². The molecule has 106 valence electrons. The second kappa shape index (κ2) is 6.82. The van der Waals surface area contributed by atoms with Crippen molar-refractivity contribution in [2.45, 2.75) is 25.4 Å². The number of likely N-dealkylation sites (tertiary alicyclic amines) is 1. The lowest BCUT2D eigenvalue weighted by molar-refractivity contribution is 0.0931. The van der Waals surface area contributed by atoms with Crippen molar-refractivity contribution in [3.8, 4) is 5.75 Å². The van der Waals surface area contributed by atoms with E-state index >= 15 is 0 Å². The Bertz CT molecular complexity index is 406. The highest BCUT2D eigenvalue weighted by Crippen LogP contribution is 2.22. The summed E-state index contributed by atoms with van der Waals surface area (Å²) in [5.74, 6) is -1.12. The first-order chi connectivity index (χ1) is 9.19. The number of aliphatic hydroxyl groups excluding tert-OH is 1. The number of hydrogen-bond donors (Lipinski definition) is 1. The summed E-state index contributed by atoms with van der Waals surface area (Å²) in [6.07, 6.45) is 2.40. The molecule has 0 spiro atoms. The van der Waals surface area contributed by atoms with Crippen LogP contribution in [-0.2, 0) is 0 Å². The summed E-state index contributed by atoms with van der Waals surface area (Å²) in [4.78, 5) is 2.26. The summed E-state index contributed by atoms with van der Waals surface area (Å²) in [7, 11) is 0. The number of halogens is 2. The van der Waals surface area contributed by atoms with Crippen LogP contribution in [0.1, 0.15) is 19.3 Å². The Balaban J connectivity index is 1.82. The van der Waals surface area contributed by atoms with Crippen molar-refractivity contribution in [1.29, 1.82) is 0 Å². The van der Waals surface area contributed by atoms with Crippen LogP contribution in [0.3, 0.4) is 0 Å². The molecule has 1 aromatic carbocycles. The van der Waals surface area contributed by atoms with Crippen molar-refractivity contribution in [2.24, 2.45) is 0 Å². The highest BCUT2D eigenvalue weighted by Gasteiger charge is 2.21. The van der Waals surface area contributed by atoms with E-state index in [1.165, 1.54) is 12.1 Å². The van der Waals surface area contributed by atoms with E-state index in [0.717, 1.165) is 45.0 Å². The Morgan fingerprint density at radius 2 is 2.00 bits per heavy atom.